The summed E-state index contributed by atoms with van der Waals surface area (Å²) in [5.74, 6) is 2.61. The molecule has 0 aliphatic rings. The van der Waals surface area contributed by atoms with Crippen LogP contribution in [0.1, 0.15) is 62.6 Å². The standard InChI is InChI=1S/C13H22N6/c1-8(2)12-11(15-18-16-12)6-7-19-10(5)14-13(17-19)9(3)4/h8-9H,6-7H2,1-5H3,(H,15,16,18). The van der Waals surface area contributed by atoms with E-state index in [9.17, 15) is 0 Å². The molecule has 2 rings (SSSR count). The number of nitrogens with one attached hydrogen (secondary N) is 1. The third-order valence-electron chi connectivity index (χ3n) is 3.15. The quantitative estimate of drug-likeness (QED) is 0.896. The molecule has 0 aromatic carbocycles. The molecule has 0 fully saturated rings. The normalized spacial score (nSPS) is 11.7. The van der Waals surface area contributed by atoms with Gasteiger partial charge in [-0.05, 0) is 12.8 Å². The zero-order valence-electron chi connectivity index (χ0n) is 12.3. The lowest BCUT2D eigenvalue weighted by Crippen LogP contribution is -2.08. The number of hydrogen-bond donors (Lipinski definition) is 1. The number of rotatable bonds is 5. The van der Waals surface area contributed by atoms with Gasteiger partial charge in [0, 0.05) is 18.9 Å². The molecular weight excluding hydrogens is 240 g/mol. The molecule has 0 atom stereocenters. The van der Waals surface area contributed by atoms with Crippen LogP contribution in [0.5, 0.6) is 0 Å². The molecule has 0 aliphatic carbocycles. The van der Waals surface area contributed by atoms with E-state index in [1.54, 1.807) is 0 Å². The molecule has 0 bridgehead atoms. The summed E-state index contributed by atoms with van der Waals surface area (Å²) < 4.78 is 1.95. The molecular formula is C13H22N6. The van der Waals surface area contributed by atoms with Gasteiger partial charge >= 0.3 is 0 Å². The lowest BCUT2D eigenvalue weighted by Gasteiger charge is -2.04. The molecule has 104 valence electrons. The third-order valence-corrected chi connectivity index (χ3v) is 3.15. The largest absolute Gasteiger partial charge is 0.250 e. The van der Waals surface area contributed by atoms with Crippen LogP contribution in [-0.4, -0.2) is 30.2 Å². The van der Waals surface area contributed by atoms with Crippen molar-refractivity contribution < 1.29 is 0 Å². The van der Waals surface area contributed by atoms with E-state index in [1.807, 2.05) is 11.6 Å². The Morgan fingerprint density at radius 2 is 1.84 bits per heavy atom. The molecule has 0 radical (unpaired) electrons. The summed E-state index contributed by atoms with van der Waals surface area (Å²) in [5, 5.41) is 15.7. The van der Waals surface area contributed by atoms with Crippen molar-refractivity contribution in [2.24, 2.45) is 0 Å². The molecule has 0 amide bonds. The Kier molecular flexibility index (Phi) is 3.97. The Hall–Kier alpha value is -1.72. The average molecular weight is 262 g/mol. The second-order valence-electron chi connectivity index (χ2n) is 5.46. The van der Waals surface area contributed by atoms with E-state index >= 15 is 0 Å². The minimum atomic E-state index is 0.359. The predicted octanol–water partition coefficient (Wildman–Crippen LogP) is 2.19. The van der Waals surface area contributed by atoms with Crippen LogP contribution in [0.3, 0.4) is 0 Å². The van der Waals surface area contributed by atoms with Crippen LogP contribution in [0.2, 0.25) is 0 Å². The van der Waals surface area contributed by atoms with Gasteiger partial charge in [-0.2, -0.15) is 20.5 Å². The van der Waals surface area contributed by atoms with E-state index in [-0.39, 0.29) is 0 Å². The maximum absolute atomic E-state index is 4.53. The summed E-state index contributed by atoms with van der Waals surface area (Å²) in [7, 11) is 0. The molecule has 0 saturated carbocycles. The number of aromatic amines is 1. The van der Waals surface area contributed by atoms with Gasteiger partial charge in [-0.25, -0.2) is 9.67 Å². The minimum Gasteiger partial charge on any atom is -0.250 e. The van der Waals surface area contributed by atoms with Crippen LogP contribution in [0.15, 0.2) is 0 Å². The van der Waals surface area contributed by atoms with Crippen LogP contribution in [0.4, 0.5) is 0 Å². The van der Waals surface area contributed by atoms with Crippen molar-refractivity contribution in [3.8, 4) is 0 Å². The molecule has 6 nitrogen and oxygen atoms in total. The number of aromatic nitrogens is 6. The van der Waals surface area contributed by atoms with Gasteiger partial charge in [0.05, 0.1) is 11.4 Å². The summed E-state index contributed by atoms with van der Waals surface area (Å²) in [5.41, 5.74) is 2.07. The number of aryl methyl sites for hydroxylation is 3. The topological polar surface area (TPSA) is 72.3 Å². The minimum absolute atomic E-state index is 0.359. The van der Waals surface area contributed by atoms with E-state index in [4.69, 9.17) is 0 Å². The molecule has 6 heteroatoms. The van der Waals surface area contributed by atoms with Gasteiger partial charge in [0.25, 0.3) is 0 Å². The van der Waals surface area contributed by atoms with Crippen LogP contribution in [-0.2, 0) is 13.0 Å². The zero-order valence-corrected chi connectivity index (χ0v) is 12.3. The summed E-state index contributed by atoms with van der Waals surface area (Å²) in [4.78, 5) is 4.48. The van der Waals surface area contributed by atoms with Crippen molar-refractivity contribution >= 4 is 0 Å². The first-order chi connectivity index (χ1) is 8.99. The van der Waals surface area contributed by atoms with Crippen molar-refractivity contribution in [2.75, 3.05) is 0 Å². The highest BCUT2D eigenvalue weighted by molar-refractivity contribution is 5.12. The predicted molar refractivity (Wildman–Crippen MR) is 73.0 cm³/mol. The SMILES string of the molecule is Cc1nc(C(C)C)nn1CCc1n[nH]nc1C(C)C. The summed E-state index contributed by atoms with van der Waals surface area (Å²) in [6.45, 7) is 11.2. The molecule has 0 unspecified atom stereocenters. The molecule has 2 aromatic heterocycles. The lowest BCUT2D eigenvalue weighted by atomic mass is 10.1. The van der Waals surface area contributed by atoms with Crippen LogP contribution < -0.4 is 0 Å². The fourth-order valence-electron chi connectivity index (χ4n) is 2.02. The molecule has 2 heterocycles. The van der Waals surface area contributed by atoms with Gasteiger partial charge in [0.1, 0.15) is 5.82 Å². The highest BCUT2D eigenvalue weighted by Crippen LogP contribution is 2.15. The maximum atomic E-state index is 4.53. The highest BCUT2D eigenvalue weighted by atomic mass is 15.4. The molecule has 0 aliphatic heterocycles. The second-order valence-corrected chi connectivity index (χ2v) is 5.46. The number of H-pyrrole nitrogens is 1. The first kappa shape index (κ1) is 13.7. The Balaban J connectivity index is 2.08. The Labute approximate surface area is 113 Å². The van der Waals surface area contributed by atoms with Gasteiger partial charge in [0.15, 0.2) is 5.82 Å². The van der Waals surface area contributed by atoms with E-state index in [0.717, 1.165) is 36.0 Å². The lowest BCUT2D eigenvalue weighted by molar-refractivity contribution is 0.575. The highest BCUT2D eigenvalue weighted by Gasteiger charge is 2.13. The van der Waals surface area contributed by atoms with Crippen LogP contribution >= 0.6 is 0 Å². The number of hydrogen-bond acceptors (Lipinski definition) is 4. The average Bonchev–Trinajstić information content (AvgIpc) is 2.92. The summed E-state index contributed by atoms with van der Waals surface area (Å²) in [6, 6.07) is 0. The van der Waals surface area contributed by atoms with Crippen LogP contribution in [0, 0.1) is 6.92 Å². The summed E-state index contributed by atoms with van der Waals surface area (Å²) in [6.07, 6.45) is 0.825. The molecule has 19 heavy (non-hydrogen) atoms. The Morgan fingerprint density at radius 1 is 1.11 bits per heavy atom. The van der Waals surface area contributed by atoms with Gasteiger partial charge in [-0.15, -0.1) is 0 Å². The Bertz CT molecular complexity index is 537. The maximum Gasteiger partial charge on any atom is 0.153 e. The van der Waals surface area contributed by atoms with E-state index < -0.39 is 0 Å². The molecule has 1 N–H and O–H groups in total. The van der Waals surface area contributed by atoms with Gasteiger partial charge < -0.3 is 0 Å². The van der Waals surface area contributed by atoms with Crippen molar-refractivity contribution in [1.29, 1.82) is 0 Å². The van der Waals surface area contributed by atoms with E-state index in [2.05, 4.69) is 53.2 Å². The Morgan fingerprint density at radius 3 is 2.42 bits per heavy atom. The summed E-state index contributed by atoms with van der Waals surface area (Å²) >= 11 is 0. The van der Waals surface area contributed by atoms with Gasteiger partial charge in [0.2, 0.25) is 0 Å². The molecule has 0 saturated heterocycles. The van der Waals surface area contributed by atoms with Crippen LogP contribution in [0.25, 0.3) is 0 Å². The fourth-order valence-corrected chi connectivity index (χ4v) is 2.02. The van der Waals surface area contributed by atoms with E-state index in [1.165, 1.54) is 0 Å². The first-order valence-electron chi connectivity index (χ1n) is 6.80. The fraction of sp³-hybridized carbons (Fsp3) is 0.692. The number of nitrogens with zero attached hydrogens (tertiary/aromatic N) is 5. The second kappa shape index (κ2) is 5.50. The molecule has 0 spiro atoms. The van der Waals surface area contributed by atoms with Crippen molar-refractivity contribution in [2.45, 2.75) is 59.4 Å². The monoisotopic (exact) mass is 262 g/mol. The third kappa shape index (κ3) is 3.00. The van der Waals surface area contributed by atoms with Crippen molar-refractivity contribution in [3.05, 3.63) is 23.0 Å². The van der Waals surface area contributed by atoms with Gasteiger partial charge in [-0.3, -0.25) is 0 Å². The zero-order chi connectivity index (χ0) is 14.0. The smallest absolute Gasteiger partial charge is 0.153 e. The van der Waals surface area contributed by atoms with E-state index in [0.29, 0.717) is 11.8 Å². The van der Waals surface area contributed by atoms with Gasteiger partial charge in [-0.1, -0.05) is 27.7 Å². The molecule has 2 aromatic rings. The first-order valence-corrected chi connectivity index (χ1v) is 6.80. The van der Waals surface area contributed by atoms with Crippen molar-refractivity contribution in [1.82, 2.24) is 30.2 Å². The van der Waals surface area contributed by atoms with Crippen molar-refractivity contribution in [3.63, 3.8) is 0 Å².